The second kappa shape index (κ2) is 7.12. The van der Waals surface area contributed by atoms with Crippen LogP contribution in [0.4, 0.5) is 0 Å². The molecule has 0 aromatic heterocycles. The average Bonchev–Trinajstić information content (AvgIpc) is 3.17. The molecule has 3 aliphatic heterocycles. The van der Waals surface area contributed by atoms with E-state index in [1.165, 1.54) is 11.0 Å². The molecule has 34 heavy (non-hydrogen) atoms. The molecule has 1 aromatic rings. The Balaban J connectivity index is 1.44. The highest BCUT2D eigenvalue weighted by Gasteiger charge is 2.73. The number of ether oxygens (including phenoxy) is 3. The fraction of sp³-hybridized carbons (Fsp3) is 0.652. The van der Waals surface area contributed by atoms with E-state index in [9.17, 15) is 35.1 Å². The molecule has 5 N–H and O–H groups in total. The van der Waals surface area contributed by atoms with Gasteiger partial charge in [0.1, 0.15) is 18.3 Å². The van der Waals surface area contributed by atoms with Crippen LogP contribution < -0.4 is 9.47 Å². The molecular weight excluding hydrogens is 450 g/mol. The monoisotopic (exact) mass is 480 g/mol. The highest BCUT2D eigenvalue weighted by atomic mass is 16.7. The zero-order chi connectivity index (χ0) is 26.7. The van der Waals surface area contributed by atoms with Crippen LogP contribution in [-0.4, -0.2) is 104 Å². The lowest BCUT2D eigenvalue weighted by atomic mass is 9.49. The van der Waals surface area contributed by atoms with E-state index in [0.29, 0.717) is 11.1 Å². The van der Waals surface area contributed by atoms with Crippen LogP contribution in [0.1, 0.15) is 34.5 Å². The molecule has 3 heterocycles. The Kier molecular flexibility index (Phi) is 3.98. The van der Waals surface area contributed by atoms with Crippen molar-refractivity contribution in [3.05, 3.63) is 23.3 Å². The van der Waals surface area contributed by atoms with E-state index in [-0.39, 0.29) is 49.5 Å². The Morgan fingerprint density at radius 1 is 1.24 bits per heavy atom. The predicted molar refractivity (Wildman–Crippen MR) is 111 cm³/mol. The maximum atomic E-state index is 13.1. The second-order valence-corrected chi connectivity index (χ2v) is 9.80. The lowest BCUT2D eigenvalue weighted by Gasteiger charge is -2.62. The second-order valence-electron chi connectivity index (χ2n) is 9.80. The number of benzene rings is 1. The van der Waals surface area contributed by atoms with E-state index < -0.39 is 66.8 Å². The molecule has 1 saturated carbocycles. The van der Waals surface area contributed by atoms with E-state index in [1.54, 1.807) is 6.07 Å². The fourth-order valence-electron chi connectivity index (χ4n) is 6.68. The quantitative estimate of drug-likeness (QED) is 0.335. The van der Waals surface area contributed by atoms with Crippen molar-refractivity contribution in [3.8, 4) is 11.5 Å². The van der Waals surface area contributed by atoms with E-state index in [1.807, 2.05) is 0 Å². The van der Waals surface area contributed by atoms with Gasteiger partial charge in [-0.3, -0.25) is 4.79 Å². The summed E-state index contributed by atoms with van der Waals surface area (Å²) in [5.74, 6) is -1.68. The molecule has 5 aliphatic rings. The molecule has 0 radical (unpaired) electrons. The number of piperidine rings is 1. The number of ketones is 1. The molecule has 9 atom stereocenters. The topological polar surface area (TPSA) is 166 Å². The maximum Gasteiger partial charge on any atom is 0.335 e. The van der Waals surface area contributed by atoms with Crippen molar-refractivity contribution in [2.75, 3.05) is 13.5 Å². The van der Waals surface area contributed by atoms with Gasteiger partial charge in [-0.15, -0.1) is 0 Å². The Hall–Kier alpha value is -2.28. The molecule has 1 unspecified atom stereocenters. The molecule has 11 nitrogen and oxygen atoms in total. The van der Waals surface area contributed by atoms with Gasteiger partial charge in [-0.1, -0.05) is 6.07 Å². The van der Waals surface area contributed by atoms with Crippen molar-refractivity contribution >= 4 is 11.8 Å². The smallest absolute Gasteiger partial charge is 0.335 e. The number of hydrogen-bond acceptors (Lipinski definition) is 10. The number of carboxylic acid groups (broad SMARTS) is 1. The van der Waals surface area contributed by atoms with Crippen LogP contribution >= 0.6 is 0 Å². The summed E-state index contributed by atoms with van der Waals surface area (Å²) in [6.07, 6.45) is -9.80. The van der Waals surface area contributed by atoms with Crippen LogP contribution in [-0.2, 0) is 26.2 Å². The molecule has 3 fully saturated rings. The summed E-state index contributed by atoms with van der Waals surface area (Å²) in [5, 5.41) is 52.0. The van der Waals surface area contributed by atoms with Crippen LogP contribution in [0.2, 0.25) is 0 Å². The molecule has 1 spiro atoms. The van der Waals surface area contributed by atoms with Gasteiger partial charge in [-0.25, -0.2) is 4.79 Å². The minimum Gasteiger partial charge on any atom is -0.479 e. The highest BCUT2D eigenvalue weighted by Crippen LogP contribution is 2.64. The number of aliphatic hydroxyl groups is 4. The van der Waals surface area contributed by atoms with Gasteiger partial charge in [0.2, 0.25) is 6.29 Å². The Morgan fingerprint density at radius 2 is 2.03 bits per heavy atom. The van der Waals surface area contributed by atoms with Gasteiger partial charge in [0.05, 0.1) is 11.0 Å². The molecular formula is C23H27NO10. The fourth-order valence-corrected chi connectivity index (χ4v) is 6.68. The van der Waals surface area contributed by atoms with Gasteiger partial charge >= 0.3 is 5.97 Å². The molecule has 1 aromatic carbocycles. The average molecular weight is 480 g/mol. The van der Waals surface area contributed by atoms with Crippen molar-refractivity contribution in [3.63, 3.8) is 0 Å². The normalized spacial score (nSPS) is 46.5. The summed E-state index contributed by atoms with van der Waals surface area (Å²) in [6, 6.07) is 2.36. The van der Waals surface area contributed by atoms with E-state index in [2.05, 4.69) is 0 Å². The van der Waals surface area contributed by atoms with E-state index >= 15 is 0 Å². The first-order valence-electron chi connectivity index (χ1n) is 12.8. The number of likely N-dealkylation sites (tertiary alicyclic amines) is 1. The zero-order valence-electron chi connectivity index (χ0n) is 21.0. The number of Topliss-reactive ketones (excluding diaryl/α,β-unsaturated/α-hetero) is 1. The number of aliphatic hydroxyl groups excluding tert-OH is 3. The van der Waals surface area contributed by atoms with Gasteiger partial charge < -0.3 is 44.6 Å². The number of aliphatic carboxylic acids is 1. The zero-order valence-corrected chi connectivity index (χ0v) is 18.0. The first kappa shape index (κ1) is 19.0. The molecule has 2 saturated heterocycles. The van der Waals surface area contributed by atoms with Crippen molar-refractivity contribution in [1.82, 2.24) is 4.90 Å². The molecule has 2 aliphatic carbocycles. The van der Waals surface area contributed by atoms with Crippen molar-refractivity contribution in [2.45, 2.75) is 79.6 Å². The molecule has 0 amide bonds. The third-order valence-corrected chi connectivity index (χ3v) is 8.30. The highest BCUT2D eigenvalue weighted by molar-refractivity contribution is 5.90. The van der Waals surface area contributed by atoms with Gasteiger partial charge in [0.15, 0.2) is 29.5 Å². The minimum absolute atomic E-state index is 0.00257. The first-order chi connectivity index (χ1) is 17.3. The predicted octanol–water partition coefficient (Wildman–Crippen LogP) is -1.69. The standard InChI is InChI=1S/C23H27NO10/c1-24-7-6-22-13-9-2-3-11(32-21-16(28)14(26)15(27)18(34-21)20(29)30)17(13)33-19(22)10(25)4-5-23(22,31)12(24)8-9/h2-3,12,14-16,18-19,21,26-28,31H,4-8H2,1H3,(H,29,30)/t12-,14+,15+,16-,18+,19+,21?,22+,23-/m1/s1/i1D3. The minimum atomic E-state index is -2.44. The van der Waals surface area contributed by atoms with Gasteiger partial charge in [0, 0.05) is 22.1 Å². The Labute approximate surface area is 198 Å². The van der Waals surface area contributed by atoms with E-state index in [0.717, 1.165) is 0 Å². The van der Waals surface area contributed by atoms with Crippen molar-refractivity contribution in [2.24, 2.45) is 0 Å². The van der Waals surface area contributed by atoms with E-state index in [4.69, 9.17) is 18.3 Å². The molecule has 6 rings (SSSR count). The maximum absolute atomic E-state index is 13.1. The number of carboxylic acids is 1. The number of carbonyl (C=O) groups excluding carboxylic acids is 1. The van der Waals surface area contributed by atoms with Crippen LogP contribution in [0, 0.1) is 0 Å². The van der Waals surface area contributed by atoms with Crippen LogP contribution in [0.25, 0.3) is 0 Å². The van der Waals surface area contributed by atoms with Crippen molar-refractivity contribution in [1.29, 1.82) is 0 Å². The number of carbonyl (C=O) groups is 2. The van der Waals surface area contributed by atoms with Gasteiger partial charge in [-0.05, 0) is 44.4 Å². The Morgan fingerprint density at radius 3 is 2.76 bits per heavy atom. The van der Waals surface area contributed by atoms with Gasteiger partial charge in [-0.2, -0.15) is 0 Å². The third kappa shape index (κ3) is 2.57. The van der Waals surface area contributed by atoms with Crippen molar-refractivity contribution < 1.29 is 53.4 Å². The Bertz CT molecular complexity index is 1180. The number of hydrogen-bond donors (Lipinski definition) is 5. The van der Waals surface area contributed by atoms with Crippen LogP contribution in [0.3, 0.4) is 0 Å². The summed E-state index contributed by atoms with van der Waals surface area (Å²) in [4.78, 5) is 25.9. The number of nitrogens with zero attached hydrogens (tertiary/aromatic N) is 1. The first-order valence-corrected chi connectivity index (χ1v) is 11.3. The summed E-state index contributed by atoms with van der Waals surface area (Å²) in [6.45, 7) is -2.34. The number of rotatable bonds is 3. The summed E-state index contributed by atoms with van der Waals surface area (Å²) >= 11 is 0. The summed E-state index contributed by atoms with van der Waals surface area (Å²) in [7, 11) is 0. The third-order valence-electron chi connectivity index (χ3n) is 8.30. The summed E-state index contributed by atoms with van der Waals surface area (Å²) in [5.41, 5.74) is -1.55. The molecule has 184 valence electrons. The largest absolute Gasteiger partial charge is 0.479 e. The lowest BCUT2D eigenvalue weighted by molar-refractivity contribution is -0.271. The molecule has 2 bridgehead atoms. The van der Waals surface area contributed by atoms with Gasteiger partial charge in [0.25, 0.3) is 0 Å². The molecule has 11 heteroatoms. The number of likely N-dealkylation sites (N-methyl/N-ethyl adjacent to an activating group) is 1. The summed E-state index contributed by atoms with van der Waals surface area (Å²) < 4.78 is 41.2. The van der Waals surface area contributed by atoms with Crippen LogP contribution in [0.5, 0.6) is 11.5 Å². The SMILES string of the molecule is [2H]C([2H])([2H])N1CC[C@]23c4c5ccc(OC6O[C@H](C(=O)O)[C@@H](O)[C@H](O)[C@H]6O)c4O[C@H]2C(=O)CC[C@@]3(O)[C@H]1C5. The lowest BCUT2D eigenvalue weighted by Crippen LogP contribution is -2.76. The van der Waals surface area contributed by atoms with Crippen LogP contribution in [0.15, 0.2) is 12.1 Å².